The minimum absolute atomic E-state index is 0. The lowest BCUT2D eigenvalue weighted by molar-refractivity contribution is -0.152. The molecule has 1 unspecified atom stereocenters. The van der Waals surface area contributed by atoms with Gasteiger partial charge >= 0.3 is 47.8 Å². The lowest BCUT2D eigenvalue weighted by Gasteiger charge is -2.28. The number of aliphatic hydroxyl groups excluding tert-OH is 3. The molecule has 2 heterocycles. The summed E-state index contributed by atoms with van der Waals surface area (Å²) in [5, 5.41) is 26.3. The van der Waals surface area contributed by atoms with Crippen LogP contribution in [0.25, 0.3) is 0 Å². The summed E-state index contributed by atoms with van der Waals surface area (Å²) >= 11 is 0. The van der Waals surface area contributed by atoms with Crippen LogP contribution in [0.3, 0.4) is 0 Å². The summed E-state index contributed by atoms with van der Waals surface area (Å²) in [6.07, 6.45) is 11.1. The standard InChI is InChI=1S/C10H19NO3.C9H19NO3.C9H17NO2.C8H17NO2.C7H15NO2.C6H13NO2.C6H12O2.C4H8O3.C4H8O.3CH4/c1-9(12)14-8-10(13)7-11-5-3-2-4-6-11;1-3-4-10(5-7-11)6-8-13-9(2)12;1-9(11)12-8-7-10-5-3-2-4-6-10;1-8(10)11-7-5-4-6-9(2)3;1-7(9)10-6-4-5-8(2)3;1-6(8)9-5-4-7(2)3;1-5(7)8-6(2,3)4;1-4(6)7-3-2-5;1-4(2)5-3;;;/h10,13H,2-8H2,1H3;11H,3-8H2,1-2H3;2-8H2,1H3;4-7H2,1-3H3;4-6H2,1-3H3;4-5H2,1-3H3;1-4H3;5H,2-3H2,1H3;1H2,2-3H3;3*1H4. The van der Waals surface area contributed by atoms with E-state index in [2.05, 4.69) is 52.2 Å². The van der Waals surface area contributed by atoms with E-state index < -0.39 is 6.10 Å². The third kappa shape index (κ3) is 122. The van der Waals surface area contributed by atoms with Crippen LogP contribution in [-0.2, 0) is 81.0 Å². The smallest absolute Gasteiger partial charge is 0.303 e. The highest BCUT2D eigenvalue weighted by Crippen LogP contribution is 2.10. The Morgan fingerprint density at radius 3 is 1.14 bits per heavy atom. The Morgan fingerprint density at radius 2 is 0.815 bits per heavy atom. The monoisotopic (exact) mass is 1340 g/mol. The third-order valence-electron chi connectivity index (χ3n) is 10.6. The number of esters is 8. The van der Waals surface area contributed by atoms with Gasteiger partial charge in [0.15, 0.2) is 0 Å². The first-order chi connectivity index (χ1) is 41.5. The lowest BCUT2D eigenvalue weighted by Crippen LogP contribution is -2.38. The second kappa shape index (κ2) is 78.4. The van der Waals surface area contributed by atoms with E-state index in [1.54, 1.807) is 14.0 Å². The van der Waals surface area contributed by atoms with Crippen molar-refractivity contribution in [3.63, 3.8) is 0 Å². The molecule has 0 spiro atoms. The molecule has 0 aromatic heterocycles. The van der Waals surface area contributed by atoms with Gasteiger partial charge in [-0.05, 0) is 161 Å². The molecular weight excluding hydrogens is 1200 g/mol. The van der Waals surface area contributed by atoms with Crippen LogP contribution in [-0.4, -0.2) is 292 Å². The number of allylic oxidation sites excluding steroid dienone is 1. The summed E-state index contributed by atoms with van der Waals surface area (Å²) in [5.41, 5.74) is -0.328. The Labute approximate surface area is 559 Å². The van der Waals surface area contributed by atoms with Crippen LogP contribution >= 0.6 is 0 Å². The molecule has 0 aromatic carbocycles. The molecule has 92 heavy (non-hydrogen) atoms. The van der Waals surface area contributed by atoms with Gasteiger partial charge in [0.1, 0.15) is 44.7 Å². The van der Waals surface area contributed by atoms with Crippen molar-refractivity contribution in [2.75, 3.05) is 187 Å². The van der Waals surface area contributed by atoms with Crippen molar-refractivity contribution in [1.82, 2.24) is 29.4 Å². The maximum Gasteiger partial charge on any atom is 0.303 e. The van der Waals surface area contributed by atoms with Gasteiger partial charge < -0.3 is 77.6 Å². The molecule has 2 fully saturated rings. The molecular formula is C66H140N6O20. The highest BCUT2D eigenvalue weighted by Gasteiger charge is 2.16. The Morgan fingerprint density at radius 1 is 0.457 bits per heavy atom. The summed E-state index contributed by atoms with van der Waals surface area (Å²) in [6, 6.07) is 0. The van der Waals surface area contributed by atoms with Gasteiger partial charge in [0.05, 0.1) is 39.3 Å². The molecule has 0 saturated carbocycles. The SMILES string of the molecule is C.C.C.C=C(C)OC.CC(=O)OC(C)(C)C.CC(=O)OCC(O)CN1CCCCC1.CC(=O)OCCCCN(C)C.CC(=O)OCCCN(C)C.CC(=O)OCCN(C)C.CC(=O)OCCN1CCCCC1.CC(=O)OCCO.CCCN(CCO)CCOC(C)=O. The van der Waals surface area contributed by atoms with E-state index in [-0.39, 0.29) is 102 Å². The lowest BCUT2D eigenvalue weighted by atomic mass is 10.1. The highest BCUT2D eigenvalue weighted by atomic mass is 16.6. The number of nitrogens with zero attached hydrogens (tertiary/aromatic N) is 6. The number of methoxy groups -OCH3 is 1. The van der Waals surface area contributed by atoms with Gasteiger partial charge in [-0.2, -0.15) is 0 Å². The van der Waals surface area contributed by atoms with Gasteiger partial charge in [-0.1, -0.05) is 48.6 Å². The van der Waals surface area contributed by atoms with E-state index >= 15 is 0 Å². The molecule has 0 aliphatic carbocycles. The van der Waals surface area contributed by atoms with Gasteiger partial charge in [0.25, 0.3) is 0 Å². The van der Waals surface area contributed by atoms with Crippen molar-refractivity contribution in [3.8, 4) is 0 Å². The maximum atomic E-state index is 10.5. The Balaban J connectivity index is -0.000000104. The maximum absolute atomic E-state index is 10.5. The zero-order valence-electron chi connectivity index (χ0n) is 59.2. The van der Waals surface area contributed by atoms with Crippen LogP contribution in [0.5, 0.6) is 0 Å². The van der Waals surface area contributed by atoms with Crippen molar-refractivity contribution in [2.45, 2.75) is 188 Å². The van der Waals surface area contributed by atoms with Crippen LogP contribution < -0.4 is 0 Å². The van der Waals surface area contributed by atoms with Crippen molar-refractivity contribution < 1.29 is 96.3 Å². The number of unbranched alkanes of at least 4 members (excludes halogenated alkanes) is 1. The number of carbonyl (C=O) groups excluding carboxylic acids is 8. The van der Waals surface area contributed by atoms with Crippen LogP contribution in [0, 0.1) is 0 Å². The number of likely N-dealkylation sites (N-methyl/N-ethyl adjacent to an activating group) is 1. The highest BCUT2D eigenvalue weighted by molar-refractivity contribution is 5.68. The first-order valence-corrected chi connectivity index (χ1v) is 30.8. The molecule has 0 aromatic rings. The van der Waals surface area contributed by atoms with Gasteiger partial charge in [0, 0.05) is 94.7 Å². The van der Waals surface area contributed by atoms with E-state index in [0.717, 1.165) is 77.3 Å². The predicted octanol–water partition coefficient (Wildman–Crippen LogP) is 7.15. The minimum Gasteiger partial charge on any atom is -0.502 e. The number of hydrogen-bond acceptors (Lipinski definition) is 26. The number of likely N-dealkylation sites (tertiary alicyclic amines) is 2. The predicted molar refractivity (Wildman–Crippen MR) is 367 cm³/mol. The Bertz CT molecular complexity index is 1700. The molecule has 1 atom stereocenters. The van der Waals surface area contributed by atoms with Gasteiger partial charge in [-0.15, -0.1) is 0 Å². The number of ether oxygens (including phenoxy) is 9. The summed E-state index contributed by atoms with van der Waals surface area (Å²) in [5.74, 6) is -1.17. The van der Waals surface area contributed by atoms with Gasteiger partial charge in [-0.3, -0.25) is 48.2 Å². The van der Waals surface area contributed by atoms with Gasteiger partial charge in [0.2, 0.25) is 0 Å². The molecule has 2 rings (SSSR count). The fourth-order valence-corrected chi connectivity index (χ4v) is 6.65. The molecule has 26 nitrogen and oxygen atoms in total. The molecule has 26 heteroatoms. The van der Waals surface area contributed by atoms with Crippen molar-refractivity contribution in [3.05, 3.63) is 12.3 Å². The molecule has 0 bridgehead atoms. The van der Waals surface area contributed by atoms with E-state index in [0.29, 0.717) is 52.7 Å². The fourth-order valence-electron chi connectivity index (χ4n) is 6.65. The zero-order valence-corrected chi connectivity index (χ0v) is 59.2. The third-order valence-corrected chi connectivity index (χ3v) is 10.6. The van der Waals surface area contributed by atoms with E-state index in [1.807, 2.05) is 68.0 Å². The van der Waals surface area contributed by atoms with E-state index in [9.17, 15) is 43.5 Å². The average molecular weight is 1340 g/mol. The summed E-state index contributed by atoms with van der Waals surface area (Å²) < 4.78 is 42.2. The first-order valence-electron chi connectivity index (χ1n) is 30.8. The summed E-state index contributed by atoms with van der Waals surface area (Å²) in [6.45, 7) is 37.9. The quantitative estimate of drug-likeness (QED) is 0.0290. The molecule has 3 N–H and O–H groups in total. The molecule has 0 radical (unpaired) electrons. The normalized spacial score (nSPS) is 12.3. The number of hydrogen-bond donors (Lipinski definition) is 3. The second-order valence-corrected chi connectivity index (χ2v) is 22.1. The Hall–Kier alpha value is -5.06. The largest absolute Gasteiger partial charge is 0.502 e. The van der Waals surface area contributed by atoms with E-state index in [1.165, 1.54) is 107 Å². The number of carbonyl (C=O) groups is 8. The second-order valence-electron chi connectivity index (χ2n) is 22.1. The van der Waals surface area contributed by atoms with Crippen LogP contribution in [0.1, 0.15) is 176 Å². The zero-order chi connectivity index (χ0) is 70.0. The van der Waals surface area contributed by atoms with Crippen molar-refractivity contribution in [1.29, 1.82) is 0 Å². The fraction of sp³-hybridized carbons (Fsp3) is 0.848. The number of β-amino-alcohol motifs (C(OH)–C–C–N with tert-alkyl or cyclic N) is 1. The molecule has 554 valence electrons. The van der Waals surface area contributed by atoms with Crippen molar-refractivity contribution >= 4 is 47.8 Å². The molecule has 2 aliphatic rings. The number of aliphatic hydroxyl groups is 3. The first kappa shape index (κ1) is 108. The number of piperidine rings is 2. The number of rotatable bonds is 29. The Kier molecular flexibility index (Phi) is 92.4. The van der Waals surface area contributed by atoms with Crippen LogP contribution in [0.2, 0.25) is 0 Å². The van der Waals surface area contributed by atoms with Crippen LogP contribution in [0.15, 0.2) is 12.3 Å². The molecule has 0 amide bonds. The summed E-state index contributed by atoms with van der Waals surface area (Å²) in [7, 11) is 13.5. The summed E-state index contributed by atoms with van der Waals surface area (Å²) in [4.78, 5) is 95.0. The van der Waals surface area contributed by atoms with Crippen LogP contribution in [0.4, 0.5) is 0 Å². The molecule has 2 saturated heterocycles. The van der Waals surface area contributed by atoms with Gasteiger partial charge in [-0.25, -0.2) is 0 Å². The minimum atomic E-state index is -0.544. The topological polar surface area (TPSA) is 300 Å². The average Bonchev–Trinajstić information content (AvgIpc) is 2.66. The molecule has 2 aliphatic heterocycles. The van der Waals surface area contributed by atoms with Crippen molar-refractivity contribution in [2.24, 2.45) is 0 Å². The van der Waals surface area contributed by atoms with E-state index in [4.69, 9.17) is 38.6 Å².